The molecule has 0 bridgehead atoms. The second-order valence-electron chi connectivity index (χ2n) is 3.89. The third-order valence-electron chi connectivity index (χ3n) is 2.23. The minimum atomic E-state index is 0.289. The van der Waals surface area contributed by atoms with Crippen molar-refractivity contribution < 1.29 is 4.79 Å². The van der Waals surface area contributed by atoms with Crippen molar-refractivity contribution >= 4 is 5.91 Å². The molecule has 0 heterocycles. The summed E-state index contributed by atoms with van der Waals surface area (Å²) in [5.74, 6) is 0.289. The van der Waals surface area contributed by atoms with Gasteiger partial charge < -0.3 is 10.2 Å². The summed E-state index contributed by atoms with van der Waals surface area (Å²) < 4.78 is 0. The minimum absolute atomic E-state index is 0.289. The topological polar surface area (TPSA) is 32.3 Å². The number of rotatable bonds is 7. The fourth-order valence-electron chi connectivity index (χ4n) is 1.47. The molecule has 0 saturated heterocycles. The van der Waals surface area contributed by atoms with Gasteiger partial charge in [-0.25, -0.2) is 0 Å². The van der Waals surface area contributed by atoms with E-state index in [4.69, 9.17) is 0 Å². The van der Waals surface area contributed by atoms with Crippen LogP contribution in [0.5, 0.6) is 0 Å². The van der Waals surface area contributed by atoms with Crippen LogP contribution in [-0.2, 0) is 4.79 Å². The van der Waals surface area contributed by atoms with E-state index in [1.54, 1.807) is 0 Å². The summed E-state index contributed by atoms with van der Waals surface area (Å²) in [5.41, 5.74) is 0. The number of hydrogen-bond donors (Lipinski definition) is 1. The lowest BCUT2D eigenvalue weighted by Crippen LogP contribution is -2.37. The van der Waals surface area contributed by atoms with Crippen molar-refractivity contribution in [1.82, 2.24) is 10.2 Å². The lowest BCUT2D eigenvalue weighted by atomic mass is 10.2. The fraction of sp³-hybridized carbons (Fsp3) is 0.909. The molecule has 0 spiro atoms. The molecule has 0 rings (SSSR count). The fourth-order valence-corrected chi connectivity index (χ4v) is 1.47. The van der Waals surface area contributed by atoms with Crippen LogP contribution in [0.4, 0.5) is 0 Å². The predicted octanol–water partition coefficient (Wildman–Crippen LogP) is 1.63. The molecule has 0 unspecified atom stereocenters. The van der Waals surface area contributed by atoms with Crippen molar-refractivity contribution in [2.24, 2.45) is 0 Å². The van der Waals surface area contributed by atoms with Gasteiger partial charge in [-0.1, -0.05) is 6.92 Å². The summed E-state index contributed by atoms with van der Waals surface area (Å²) >= 11 is 0. The van der Waals surface area contributed by atoms with Crippen molar-refractivity contribution in [3.05, 3.63) is 0 Å². The SMILES string of the molecule is CCCN(C(=O)CCCNC)C(C)C. The summed E-state index contributed by atoms with van der Waals surface area (Å²) in [6.07, 6.45) is 2.64. The van der Waals surface area contributed by atoms with Crippen LogP contribution in [0.25, 0.3) is 0 Å². The lowest BCUT2D eigenvalue weighted by molar-refractivity contribution is -0.133. The number of amides is 1. The van der Waals surface area contributed by atoms with Crippen LogP contribution in [0.2, 0.25) is 0 Å². The molecule has 84 valence electrons. The first kappa shape index (κ1) is 13.4. The van der Waals surface area contributed by atoms with Gasteiger partial charge in [0.15, 0.2) is 0 Å². The Morgan fingerprint density at radius 1 is 1.43 bits per heavy atom. The Morgan fingerprint density at radius 3 is 2.50 bits per heavy atom. The Balaban J connectivity index is 3.89. The van der Waals surface area contributed by atoms with E-state index >= 15 is 0 Å². The van der Waals surface area contributed by atoms with Gasteiger partial charge in [0, 0.05) is 19.0 Å². The highest BCUT2D eigenvalue weighted by Crippen LogP contribution is 2.04. The quantitative estimate of drug-likeness (QED) is 0.634. The summed E-state index contributed by atoms with van der Waals surface area (Å²) in [4.78, 5) is 13.7. The van der Waals surface area contributed by atoms with Crippen molar-refractivity contribution in [2.45, 2.75) is 46.1 Å². The average Bonchev–Trinajstić information content (AvgIpc) is 2.13. The van der Waals surface area contributed by atoms with Gasteiger partial charge in [0.05, 0.1) is 0 Å². The number of nitrogens with zero attached hydrogens (tertiary/aromatic N) is 1. The maximum atomic E-state index is 11.7. The molecule has 1 amide bonds. The van der Waals surface area contributed by atoms with Gasteiger partial charge in [0.2, 0.25) is 5.91 Å². The highest BCUT2D eigenvalue weighted by atomic mass is 16.2. The molecule has 3 heteroatoms. The average molecular weight is 200 g/mol. The monoisotopic (exact) mass is 200 g/mol. The van der Waals surface area contributed by atoms with Crippen LogP contribution in [0.15, 0.2) is 0 Å². The summed E-state index contributed by atoms with van der Waals surface area (Å²) in [6, 6.07) is 0.331. The second-order valence-corrected chi connectivity index (χ2v) is 3.89. The molecule has 0 aromatic heterocycles. The van der Waals surface area contributed by atoms with Crippen LogP contribution in [0, 0.1) is 0 Å². The van der Waals surface area contributed by atoms with Gasteiger partial charge in [-0.15, -0.1) is 0 Å². The number of carbonyl (C=O) groups is 1. The molecule has 0 radical (unpaired) electrons. The van der Waals surface area contributed by atoms with Gasteiger partial charge in [-0.2, -0.15) is 0 Å². The molecule has 0 aromatic rings. The molecule has 14 heavy (non-hydrogen) atoms. The highest BCUT2D eigenvalue weighted by Gasteiger charge is 2.14. The van der Waals surface area contributed by atoms with Gasteiger partial charge in [0.25, 0.3) is 0 Å². The third-order valence-corrected chi connectivity index (χ3v) is 2.23. The largest absolute Gasteiger partial charge is 0.340 e. The zero-order chi connectivity index (χ0) is 11.0. The van der Waals surface area contributed by atoms with E-state index in [1.165, 1.54) is 0 Å². The predicted molar refractivity (Wildman–Crippen MR) is 60.3 cm³/mol. The second kappa shape index (κ2) is 7.80. The normalized spacial score (nSPS) is 10.6. The molecule has 0 saturated carbocycles. The molecule has 0 fully saturated rings. The lowest BCUT2D eigenvalue weighted by Gasteiger charge is -2.26. The smallest absolute Gasteiger partial charge is 0.222 e. The van der Waals surface area contributed by atoms with E-state index in [0.29, 0.717) is 12.5 Å². The molecule has 0 aliphatic heterocycles. The number of nitrogens with one attached hydrogen (secondary N) is 1. The summed E-state index contributed by atoms with van der Waals surface area (Å²) in [6.45, 7) is 8.06. The van der Waals surface area contributed by atoms with Gasteiger partial charge in [-0.3, -0.25) is 4.79 Å². The van der Waals surface area contributed by atoms with Crippen LogP contribution >= 0.6 is 0 Å². The van der Waals surface area contributed by atoms with Gasteiger partial charge in [-0.05, 0) is 40.3 Å². The number of hydrogen-bond acceptors (Lipinski definition) is 2. The Morgan fingerprint density at radius 2 is 2.07 bits per heavy atom. The molecule has 3 nitrogen and oxygen atoms in total. The minimum Gasteiger partial charge on any atom is -0.340 e. The van der Waals surface area contributed by atoms with Crippen LogP contribution < -0.4 is 5.32 Å². The van der Waals surface area contributed by atoms with Crippen LogP contribution in [0.1, 0.15) is 40.0 Å². The van der Waals surface area contributed by atoms with Crippen molar-refractivity contribution in [3.8, 4) is 0 Å². The van der Waals surface area contributed by atoms with Crippen LogP contribution in [-0.4, -0.2) is 37.0 Å². The molecule has 0 aromatic carbocycles. The molecular weight excluding hydrogens is 176 g/mol. The van der Waals surface area contributed by atoms with Crippen molar-refractivity contribution in [2.75, 3.05) is 20.1 Å². The zero-order valence-corrected chi connectivity index (χ0v) is 9.97. The van der Waals surface area contributed by atoms with E-state index in [9.17, 15) is 4.79 Å². The Hall–Kier alpha value is -0.570. The van der Waals surface area contributed by atoms with Gasteiger partial charge in [0.1, 0.15) is 0 Å². The standard InChI is InChI=1S/C11H24N2O/c1-5-9-13(10(2)3)11(14)7-6-8-12-4/h10,12H,5-9H2,1-4H3. The van der Waals surface area contributed by atoms with E-state index in [-0.39, 0.29) is 5.91 Å². The van der Waals surface area contributed by atoms with E-state index < -0.39 is 0 Å². The first-order valence-corrected chi connectivity index (χ1v) is 5.57. The molecule has 0 aliphatic rings. The zero-order valence-electron chi connectivity index (χ0n) is 9.97. The molecule has 1 N–H and O–H groups in total. The molecular formula is C11H24N2O. The molecule has 0 aliphatic carbocycles. The van der Waals surface area contributed by atoms with Gasteiger partial charge >= 0.3 is 0 Å². The van der Waals surface area contributed by atoms with E-state index in [1.807, 2.05) is 11.9 Å². The first-order chi connectivity index (χ1) is 6.63. The maximum Gasteiger partial charge on any atom is 0.222 e. The number of carbonyl (C=O) groups excluding carboxylic acids is 1. The first-order valence-electron chi connectivity index (χ1n) is 5.57. The summed E-state index contributed by atoms with van der Waals surface area (Å²) in [7, 11) is 1.91. The van der Waals surface area contributed by atoms with E-state index in [0.717, 1.165) is 25.9 Å². The maximum absolute atomic E-state index is 11.7. The Bertz CT molecular complexity index is 157. The van der Waals surface area contributed by atoms with Crippen LogP contribution in [0.3, 0.4) is 0 Å². The highest BCUT2D eigenvalue weighted by molar-refractivity contribution is 5.76. The Labute approximate surface area is 87.9 Å². The van der Waals surface area contributed by atoms with Crippen molar-refractivity contribution in [3.63, 3.8) is 0 Å². The third kappa shape index (κ3) is 5.22. The van der Waals surface area contributed by atoms with Crippen molar-refractivity contribution in [1.29, 1.82) is 0 Å². The van der Waals surface area contributed by atoms with E-state index in [2.05, 4.69) is 26.1 Å². The Kier molecular flexibility index (Phi) is 7.48. The molecule has 0 atom stereocenters. The summed E-state index contributed by atoms with van der Waals surface area (Å²) in [5, 5.41) is 3.05.